The average molecular weight is 191 g/mol. The lowest BCUT2D eigenvalue weighted by atomic mass is 9.91. The molecule has 2 heterocycles. The van der Waals surface area contributed by atoms with Gasteiger partial charge in [0.15, 0.2) is 0 Å². The van der Waals surface area contributed by atoms with E-state index < -0.39 is 0 Å². The minimum absolute atomic E-state index is 0.356. The van der Waals surface area contributed by atoms with Crippen molar-refractivity contribution in [3.63, 3.8) is 0 Å². The molecule has 76 valence electrons. The van der Waals surface area contributed by atoms with Gasteiger partial charge in [-0.3, -0.25) is 4.68 Å². The van der Waals surface area contributed by atoms with E-state index in [1.54, 1.807) is 0 Å². The maximum absolute atomic E-state index is 6.06. The van der Waals surface area contributed by atoms with Gasteiger partial charge in [-0.2, -0.15) is 5.10 Å². The van der Waals surface area contributed by atoms with Crippen molar-refractivity contribution in [2.45, 2.75) is 50.6 Å². The van der Waals surface area contributed by atoms with Gasteiger partial charge >= 0.3 is 0 Å². The molecule has 2 aliphatic rings. The molecule has 1 aromatic heterocycles. The van der Waals surface area contributed by atoms with Gasteiger partial charge in [-0.15, -0.1) is 0 Å². The number of hydrogen-bond donors (Lipinski definition) is 1. The monoisotopic (exact) mass is 191 g/mol. The smallest absolute Gasteiger partial charge is 0.0525 e. The van der Waals surface area contributed by atoms with Crippen LogP contribution in [0.25, 0.3) is 0 Å². The van der Waals surface area contributed by atoms with Crippen LogP contribution in [0.2, 0.25) is 0 Å². The highest BCUT2D eigenvalue weighted by molar-refractivity contribution is 5.25. The van der Waals surface area contributed by atoms with E-state index in [-0.39, 0.29) is 0 Å². The molecular weight excluding hydrogens is 174 g/mol. The number of nitrogens with zero attached hydrogens (tertiary/aromatic N) is 2. The van der Waals surface area contributed by atoms with Gasteiger partial charge in [0.2, 0.25) is 0 Å². The van der Waals surface area contributed by atoms with Crippen molar-refractivity contribution < 1.29 is 0 Å². The Morgan fingerprint density at radius 3 is 3.21 bits per heavy atom. The fraction of sp³-hybridized carbons (Fsp3) is 0.727. The van der Waals surface area contributed by atoms with Crippen molar-refractivity contribution in [3.8, 4) is 0 Å². The summed E-state index contributed by atoms with van der Waals surface area (Å²) >= 11 is 0. The summed E-state index contributed by atoms with van der Waals surface area (Å²) in [6, 6.07) is 0.356. The van der Waals surface area contributed by atoms with Gasteiger partial charge in [-0.05, 0) is 37.7 Å². The molecule has 0 bridgehead atoms. The Morgan fingerprint density at radius 1 is 1.36 bits per heavy atom. The Bertz CT molecular complexity index is 342. The molecule has 2 atom stereocenters. The predicted molar refractivity (Wildman–Crippen MR) is 55.1 cm³/mol. The minimum Gasteiger partial charge on any atom is -0.327 e. The maximum Gasteiger partial charge on any atom is 0.0525 e. The molecule has 14 heavy (non-hydrogen) atoms. The van der Waals surface area contributed by atoms with E-state index in [1.165, 1.54) is 36.9 Å². The largest absolute Gasteiger partial charge is 0.327 e. The van der Waals surface area contributed by atoms with Crippen LogP contribution in [0, 0.1) is 0 Å². The third kappa shape index (κ3) is 1.19. The highest BCUT2D eigenvalue weighted by Gasteiger charge is 2.28. The van der Waals surface area contributed by atoms with Gasteiger partial charge in [-0.25, -0.2) is 0 Å². The van der Waals surface area contributed by atoms with Crippen LogP contribution in [0.5, 0.6) is 0 Å². The first-order chi connectivity index (χ1) is 6.84. The SMILES string of the molecule is NC1CCC2CCCn3ncc(c32)C1. The van der Waals surface area contributed by atoms with Crippen LogP contribution in [0.15, 0.2) is 6.20 Å². The quantitative estimate of drug-likeness (QED) is 0.674. The van der Waals surface area contributed by atoms with E-state index in [0.29, 0.717) is 6.04 Å². The molecule has 3 heteroatoms. The van der Waals surface area contributed by atoms with Crippen molar-refractivity contribution in [1.82, 2.24) is 9.78 Å². The Hall–Kier alpha value is -0.830. The van der Waals surface area contributed by atoms with Crippen LogP contribution >= 0.6 is 0 Å². The number of aromatic nitrogens is 2. The summed E-state index contributed by atoms with van der Waals surface area (Å²) < 4.78 is 2.21. The third-order valence-corrected chi connectivity index (χ3v) is 3.64. The second-order valence-corrected chi connectivity index (χ2v) is 4.66. The third-order valence-electron chi connectivity index (χ3n) is 3.64. The Labute approximate surface area is 84.3 Å². The van der Waals surface area contributed by atoms with Crippen LogP contribution in [-0.4, -0.2) is 15.8 Å². The molecule has 0 spiro atoms. The summed E-state index contributed by atoms with van der Waals surface area (Å²) in [7, 11) is 0. The van der Waals surface area contributed by atoms with Gasteiger partial charge < -0.3 is 5.73 Å². The molecule has 2 N–H and O–H groups in total. The van der Waals surface area contributed by atoms with Gasteiger partial charge in [0, 0.05) is 24.2 Å². The molecule has 3 nitrogen and oxygen atoms in total. The zero-order chi connectivity index (χ0) is 9.54. The maximum atomic E-state index is 6.06. The van der Waals surface area contributed by atoms with Crippen molar-refractivity contribution >= 4 is 0 Å². The number of rotatable bonds is 0. The second-order valence-electron chi connectivity index (χ2n) is 4.66. The molecule has 0 saturated heterocycles. The highest BCUT2D eigenvalue weighted by atomic mass is 15.3. The average Bonchev–Trinajstić information content (AvgIpc) is 2.51. The Morgan fingerprint density at radius 2 is 2.29 bits per heavy atom. The lowest BCUT2D eigenvalue weighted by molar-refractivity contribution is 0.401. The van der Waals surface area contributed by atoms with E-state index >= 15 is 0 Å². The molecule has 2 unspecified atom stereocenters. The molecule has 0 radical (unpaired) electrons. The van der Waals surface area contributed by atoms with E-state index in [0.717, 1.165) is 18.9 Å². The van der Waals surface area contributed by atoms with E-state index in [1.807, 2.05) is 6.20 Å². The summed E-state index contributed by atoms with van der Waals surface area (Å²) in [6.45, 7) is 1.11. The van der Waals surface area contributed by atoms with Gasteiger partial charge in [0.25, 0.3) is 0 Å². The zero-order valence-electron chi connectivity index (χ0n) is 8.45. The molecule has 0 fully saturated rings. The summed E-state index contributed by atoms with van der Waals surface area (Å²) in [6.07, 6.45) is 8.14. The lowest BCUT2D eigenvalue weighted by Crippen LogP contribution is -2.21. The molecule has 0 saturated carbocycles. The Balaban J connectivity index is 2.06. The molecule has 0 aromatic carbocycles. The first-order valence-corrected chi connectivity index (χ1v) is 5.65. The second kappa shape index (κ2) is 3.09. The summed E-state index contributed by atoms with van der Waals surface area (Å²) in [5.74, 6) is 0.745. The normalized spacial score (nSPS) is 30.9. The van der Waals surface area contributed by atoms with E-state index in [9.17, 15) is 0 Å². The number of aryl methyl sites for hydroxylation is 1. The van der Waals surface area contributed by atoms with Gasteiger partial charge in [0.05, 0.1) is 6.20 Å². The zero-order valence-corrected chi connectivity index (χ0v) is 8.45. The van der Waals surface area contributed by atoms with Crippen LogP contribution in [0.4, 0.5) is 0 Å². The molecule has 3 rings (SSSR count). The van der Waals surface area contributed by atoms with E-state index in [4.69, 9.17) is 5.73 Å². The van der Waals surface area contributed by atoms with Crippen molar-refractivity contribution in [3.05, 3.63) is 17.5 Å². The van der Waals surface area contributed by atoms with Crippen molar-refractivity contribution in [1.29, 1.82) is 0 Å². The van der Waals surface area contributed by atoms with Gasteiger partial charge in [0.1, 0.15) is 0 Å². The van der Waals surface area contributed by atoms with Crippen LogP contribution in [0.3, 0.4) is 0 Å². The number of hydrogen-bond acceptors (Lipinski definition) is 2. The Kier molecular flexibility index (Phi) is 1.87. The van der Waals surface area contributed by atoms with Crippen LogP contribution < -0.4 is 5.73 Å². The fourth-order valence-corrected chi connectivity index (χ4v) is 2.95. The van der Waals surface area contributed by atoms with E-state index in [2.05, 4.69) is 9.78 Å². The van der Waals surface area contributed by atoms with Gasteiger partial charge in [-0.1, -0.05) is 0 Å². The lowest BCUT2D eigenvalue weighted by Gasteiger charge is -2.23. The molecular formula is C11H17N3. The summed E-state index contributed by atoms with van der Waals surface area (Å²) in [5, 5.41) is 4.46. The van der Waals surface area contributed by atoms with Crippen LogP contribution in [-0.2, 0) is 13.0 Å². The summed E-state index contributed by atoms with van der Waals surface area (Å²) in [4.78, 5) is 0. The first-order valence-electron chi connectivity index (χ1n) is 5.65. The predicted octanol–water partition coefficient (Wildman–Crippen LogP) is 1.42. The molecule has 1 aliphatic carbocycles. The first kappa shape index (κ1) is 8.48. The van der Waals surface area contributed by atoms with Crippen LogP contribution in [0.1, 0.15) is 42.9 Å². The molecule has 1 aliphatic heterocycles. The highest BCUT2D eigenvalue weighted by Crippen LogP contribution is 2.36. The molecule has 1 aromatic rings. The number of nitrogens with two attached hydrogens (primary N) is 1. The molecule has 0 amide bonds. The summed E-state index contributed by atoms with van der Waals surface area (Å²) in [5.41, 5.74) is 8.98. The fourth-order valence-electron chi connectivity index (χ4n) is 2.95. The van der Waals surface area contributed by atoms with Crippen molar-refractivity contribution in [2.75, 3.05) is 0 Å². The van der Waals surface area contributed by atoms with Crippen molar-refractivity contribution in [2.24, 2.45) is 5.73 Å². The topological polar surface area (TPSA) is 43.8 Å². The standard InChI is InChI=1S/C11H17N3/c12-10-4-3-8-2-1-5-14-11(8)9(6-10)7-13-14/h7-8,10H,1-6,12H2. The minimum atomic E-state index is 0.356.